The van der Waals surface area contributed by atoms with E-state index >= 15 is 0 Å². The molecular formula is C22H28N3S+. The summed E-state index contributed by atoms with van der Waals surface area (Å²) >= 11 is 2.00. The molecule has 1 aromatic carbocycles. The smallest absolute Gasteiger partial charge is 0.269 e. The minimum absolute atomic E-state index is 0.179. The highest BCUT2D eigenvalue weighted by Crippen LogP contribution is 2.41. The van der Waals surface area contributed by atoms with E-state index in [-0.39, 0.29) is 4.75 Å². The summed E-state index contributed by atoms with van der Waals surface area (Å²) in [5.41, 5.74) is 5.93. The molecule has 0 aliphatic carbocycles. The van der Waals surface area contributed by atoms with E-state index in [1.807, 2.05) is 30.0 Å². The fourth-order valence-corrected chi connectivity index (χ4v) is 4.63. The summed E-state index contributed by atoms with van der Waals surface area (Å²) in [6.07, 6.45) is 4.34. The number of nitrogens with one attached hydrogen (secondary N) is 2. The SMILES string of the molecule is CCCCc1[nH+]c(NCc2ccccc2)c(C#N)c2c1CSC(C)(C)C2. The standard InChI is InChI=1S/C22H27N3S/c1-4-5-11-20-19-15-26-22(2,3)12-17(19)18(13-23)21(25-20)24-14-16-9-7-6-8-10-16/h6-10H,4-5,11-12,14-15H2,1-3H3,(H,24,25)/p+1. The van der Waals surface area contributed by atoms with Crippen LogP contribution in [-0.2, 0) is 25.1 Å². The third-order valence-electron chi connectivity index (χ3n) is 4.97. The van der Waals surface area contributed by atoms with E-state index in [0.717, 1.165) is 36.5 Å². The summed E-state index contributed by atoms with van der Waals surface area (Å²) in [7, 11) is 0. The van der Waals surface area contributed by atoms with Crippen LogP contribution in [0.15, 0.2) is 30.3 Å². The molecular weight excluding hydrogens is 338 g/mol. The molecule has 4 heteroatoms. The first kappa shape index (κ1) is 18.8. The van der Waals surface area contributed by atoms with Crippen molar-refractivity contribution in [2.24, 2.45) is 0 Å². The predicted molar refractivity (Wildman–Crippen MR) is 109 cm³/mol. The third kappa shape index (κ3) is 4.22. The van der Waals surface area contributed by atoms with Gasteiger partial charge in [0, 0.05) is 22.5 Å². The quantitative estimate of drug-likeness (QED) is 0.791. The number of aromatic nitrogens is 1. The van der Waals surface area contributed by atoms with Gasteiger partial charge in [-0.05, 0) is 24.0 Å². The lowest BCUT2D eigenvalue weighted by Gasteiger charge is -2.32. The van der Waals surface area contributed by atoms with Crippen molar-refractivity contribution >= 4 is 17.6 Å². The molecule has 0 fully saturated rings. The number of nitrogens with zero attached hydrogens (tertiary/aromatic N) is 1. The van der Waals surface area contributed by atoms with Crippen LogP contribution in [0.1, 0.15) is 61.6 Å². The number of unbranched alkanes of at least 4 members (excludes halogenated alkanes) is 1. The monoisotopic (exact) mass is 366 g/mol. The summed E-state index contributed by atoms with van der Waals surface area (Å²) in [5.74, 6) is 1.87. The fraction of sp³-hybridized carbons (Fsp3) is 0.455. The van der Waals surface area contributed by atoms with Gasteiger partial charge in [-0.15, -0.1) is 0 Å². The molecule has 26 heavy (non-hydrogen) atoms. The van der Waals surface area contributed by atoms with Crippen molar-refractivity contribution in [3.8, 4) is 6.07 Å². The highest BCUT2D eigenvalue weighted by atomic mass is 32.2. The molecule has 0 unspecified atom stereocenters. The maximum absolute atomic E-state index is 9.89. The largest absolute Gasteiger partial charge is 0.291 e. The van der Waals surface area contributed by atoms with Gasteiger partial charge in [0.15, 0.2) is 0 Å². The van der Waals surface area contributed by atoms with Crippen LogP contribution >= 0.6 is 11.8 Å². The predicted octanol–water partition coefficient (Wildman–Crippen LogP) is 4.89. The highest BCUT2D eigenvalue weighted by Gasteiger charge is 2.33. The average Bonchev–Trinajstić information content (AvgIpc) is 2.64. The number of pyridine rings is 1. The lowest BCUT2D eigenvalue weighted by molar-refractivity contribution is -0.375. The topological polar surface area (TPSA) is 50.0 Å². The minimum Gasteiger partial charge on any atom is -0.269 e. The Morgan fingerprint density at radius 3 is 2.69 bits per heavy atom. The Bertz CT molecular complexity index is 806. The maximum Gasteiger partial charge on any atom is 0.291 e. The minimum atomic E-state index is 0.179. The van der Waals surface area contributed by atoms with Crippen LogP contribution in [0.2, 0.25) is 0 Å². The molecule has 3 nitrogen and oxygen atoms in total. The van der Waals surface area contributed by atoms with E-state index in [4.69, 9.17) is 0 Å². The fourth-order valence-electron chi connectivity index (χ4n) is 3.50. The highest BCUT2D eigenvalue weighted by molar-refractivity contribution is 7.99. The zero-order chi connectivity index (χ0) is 18.6. The molecule has 0 saturated carbocycles. The van der Waals surface area contributed by atoms with Gasteiger partial charge in [0.25, 0.3) is 5.82 Å². The summed E-state index contributed by atoms with van der Waals surface area (Å²) in [5, 5.41) is 13.4. The number of aryl methyl sites for hydroxylation is 1. The molecule has 2 N–H and O–H groups in total. The number of thioether (sulfide) groups is 1. The molecule has 1 aromatic heterocycles. The Morgan fingerprint density at radius 2 is 2.00 bits per heavy atom. The Balaban J connectivity index is 1.98. The number of anilines is 1. The molecule has 2 heterocycles. The average molecular weight is 367 g/mol. The Hall–Kier alpha value is -1.99. The van der Waals surface area contributed by atoms with E-state index in [1.165, 1.54) is 35.2 Å². The van der Waals surface area contributed by atoms with Gasteiger partial charge < -0.3 is 0 Å². The molecule has 136 valence electrons. The van der Waals surface area contributed by atoms with Gasteiger partial charge in [0.05, 0.1) is 0 Å². The van der Waals surface area contributed by atoms with E-state index < -0.39 is 0 Å². The van der Waals surface area contributed by atoms with Gasteiger partial charge >= 0.3 is 0 Å². The second-order valence-corrected chi connectivity index (χ2v) is 9.27. The van der Waals surface area contributed by atoms with Crippen molar-refractivity contribution in [3.05, 3.63) is 58.3 Å². The molecule has 0 saturated heterocycles. The number of nitriles is 1. The van der Waals surface area contributed by atoms with E-state index in [9.17, 15) is 5.26 Å². The zero-order valence-electron chi connectivity index (χ0n) is 16.0. The van der Waals surface area contributed by atoms with Crippen LogP contribution in [0.25, 0.3) is 0 Å². The number of fused-ring (bicyclic) bond motifs is 1. The Kier molecular flexibility index (Phi) is 5.88. The van der Waals surface area contributed by atoms with Crippen LogP contribution in [0.5, 0.6) is 0 Å². The molecule has 3 rings (SSSR count). The third-order valence-corrected chi connectivity index (χ3v) is 6.33. The van der Waals surface area contributed by atoms with Gasteiger partial charge in [0.2, 0.25) is 0 Å². The van der Waals surface area contributed by atoms with Gasteiger partial charge in [-0.1, -0.05) is 57.5 Å². The van der Waals surface area contributed by atoms with Crippen LogP contribution in [0.4, 0.5) is 5.82 Å². The lowest BCUT2D eigenvalue weighted by atomic mass is 9.91. The van der Waals surface area contributed by atoms with E-state index in [0.29, 0.717) is 0 Å². The van der Waals surface area contributed by atoms with Crippen LogP contribution in [0, 0.1) is 11.3 Å². The summed E-state index contributed by atoms with van der Waals surface area (Å²) in [6, 6.07) is 12.8. The second kappa shape index (κ2) is 8.14. The maximum atomic E-state index is 9.89. The number of H-pyrrole nitrogens is 1. The second-order valence-electron chi connectivity index (χ2n) is 7.59. The van der Waals surface area contributed by atoms with Crippen LogP contribution < -0.4 is 10.3 Å². The van der Waals surface area contributed by atoms with Crippen LogP contribution in [0.3, 0.4) is 0 Å². The zero-order valence-corrected chi connectivity index (χ0v) is 16.8. The van der Waals surface area contributed by atoms with Crippen molar-refractivity contribution < 1.29 is 4.98 Å². The number of rotatable bonds is 6. The molecule has 0 radical (unpaired) electrons. The van der Waals surface area contributed by atoms with E-state index in [2.05, 4.69) is 49.3 Å². The Labute approximate surface area is 161 Å². The van der Waals surface area contributed by atoms with Gasteiger partial charge in [-0.3, -0.25) is 5.32 Å². The van der Waals surface area contributed by atoms with Crippen molar-refractivity contribution in [3.63, 3.8) is 0 Å². The molecule has 2 aromatic rings. The Morgan fingerprint density at radius 1 is 1.23 bits per heavy atom. The first-order chi connectivity index (χ1) is 12.5. The van der Waals surface area contributed by atoms with Crippen molar-refractivity contribution in [2.75, 3.05) is 5.32 Å². The van der Waals surface area contributed by atoms with E-state index in [1.54, 1.807) is 0 Å². The van der Waals surface area contributed by atoms with Crippen LogP contribution in [-0.4, -0.2) is 4.75 Å². The van der Waals surface area contributed by atoms with Gasteiger partial charge in [-0.25, -0.2) is 4.98 Å². The number of benzene rings is 1. The van der Waals surface area contributed by atoms with Crippen molar-refractivity contribution in [1.82, 2.24) is 0 Å². The van der Waals surface area contributed by atoms with Crippen molar-refractivity contribution in [1.29, 1.82) is 5.26 Å². The molecule has 0 bridgehead atoms. The normalized spacial score (nSPS) is 15.2. The molecule has 1 aliphatic rings. The van der Waals surface area contributed by atoms with Gasteiger partial charge in [-0.2, -0.15) is 17.0 Å². The lowest BCUT2D eigenvalue weighted by Crippen LogP contribution is -2.31. The summed E-state index contributed by atoms with van der Waals surface area (Å²) in [6.45, 7) is 7.50. The van der Waals surface area contributed by atoms with Gasteiger partial charge in [0.1, 0.15) is 23.9 Å². The number of hydrogen-bond donors (Lipinski definition) is 1. The molecule has 0 spiro atoms. The molecule has 1 aliphatic heterocycles. The molecule has 0 atom stereocenters. The number of aromatic amines is 1. The summed E-state index contributed by atoms with van der Waals surface area (Å²) < 4.78 is 0.179. The molecule has 0 amide bonds. The van der Waals surface area contributed by atoms with Crippen molar-refractivity contribution in [2.45, 2.75) is 63.5 Å². The first-order valence-corrected chi connectivity index (χ1v) is 10.4. The number of hydrogen-bond acceptors (Lipinski definition) is 3. The first-order valence-electron chi connectivity index (χ1n) is 9.46. The summed E-state index contributed by atoms with van der Waals surface area (Å²) in [4.78, 5) is 3.58.